The first-order valence-corrected chi connectivity index (χ1v) is 9.58. The molecule has 0 spiro atoms. The molecule has 3 rings (SSSR count). The Labute approximate surface area is 128 Å². The molecule has 2 aliphatic rings. The minimum Gasteiger partial charge on any atom is -0.313 e. The van der Waals surface area contributed by atoms with Crippen molar-refractivity contribution >= 4 is 23.5 Å². The fourth-order valence-corrected chi connectivity index (χ4v) is 5.63. The smallest absolute Gasteiger partial charge is 0.250 e. The number of H-pyrrole nitrogens is 1. The third-order valence-corrected chi connectivity index (χ3v) is 6.56. The van der Waals surface area contributed by atoms with Crippen LogP contribution in [0.15, 0.2) is 17.2 Å². The van der Waals surface area contributed by atoms with Crippen molar-refractivity contribution in [3.8, 4) is 0 Å². The molecule has 1 aromatic rings. The Morgan fingerprint density at radius 3 is 2.85 bits per heavy atom. The van der Waals surface area contributed by atoms with Crippen molar-refractivity contribution < 1.29 is 0 Å². The van der Waals surface area contributed by atoms with Crippen LogP contribution in [0.4, 0.5) is 0 Å². The van der Waals surface area contributed by atoms with Gasteiger partial charge in [-0.15, -0.1) is 0 Å². The monoisotopic (exact) mass is 311 g/mol. The number of likely N-dealkylation sites (tertiary alicyclic amines) is 1. The van der Waals surface area contributed by atoms with Gasteiger partial charge in [0.1, 0.15) is 0 Å². The lowest BCUT2D eigenvalue weighted by atomic mass is 9.94. The third kappa shape index (κ3) is 3.59. The zero-order valence-corrected chi connectivity index (χ0v) is 13.2. The van der Waals surface area contributed by atoms with Crippen LogP contribution < -0.4 is 5.56 Å². The van der Waals surface area contributed by atoms with E-state index in [-0.39, 0.29) is 5.56 Å². The summed E-state index contributed by atoms with van der Waals surface area (Å²) in [6.45, 7) is 2.26. The van der Waals surface area contributed by atoms with Crippen LogP contribution in [0, 0.1) is 0 Å². The summed E-state index contributed by atoms with van der Waals surface area (Å²) in [6.07, 6.45) is 3.90. The standard InChI is InChI=1S/C14H21N3OS2/c18-14-6-13(15-10-16-14)11-2-1-3-17(7-11)12-8-19-4-5-20-9-12/h6,10-12H,1-5,7-9H2,(H,15,16,18)/t11-/m0/s1. The van der Waals surface area contributed by atoms with E-state index in [1.165, 1.54) is 42.3 Å². The van der Waals surface area contributed by atoms with Gasteiger partial charge >= 0.3 is 0 Å². The molecule has 0 amide bonds. The lowest BCUT2D eigenvalue weighted by Crippen LogP contribution is -2.44. The maximum Gasteiger partial charge on any atom is 0.250 e. The maximum absolute atomic E-state index is 11.4. The minimum absolute atomic E-state index is 0.0345. The van der Waals surface area contributed by atoms with Crippen LogP contribution in [0.25, 0.3) is 0 Å². The van der Waals surface area contributed by atoms with E-state index in [9.17, 15) is 4.79 Å². The number of thioether (sulfide) groups is 2. The summed E-state index contributed by atoms with van der Waals surface area (Å²) < 4.78 is 0. The second-order valence-electron chi connectivity index (χ2n) is 5.47. The molecule has 1 N–H and O–H groups in total. The molecule has 0 bridgehead atoms. The Balaban J connectivity index is 1.68. The molecule has 0 aliphatic carbocycles. The summed E-state index contributed by atoms with van der Waals surface area (Å²) >= 11 is 4.17. The van der Waals surface area contributed by atoms with Crippen LogP contribution in [0.5, 0.6) is 0 Å². The van der Waals surface area contributed by atoms with Crippen molar-refractivity contribution in [3.05, 3.63) is 28.4 Å². The molecule has 1 atom stereocenters. The molecule has 2 aliphatic heterocycles. The van der Waals surface area contributed by atoms with Crippen molar-refractivity contribution in [2.24, 2.45) is 0 Å². The molecule has 0 radical (unpaired) electrons. The predicted molar refractivity (Wildman–Crippen MR) is 86.8 cm³/mol. The summed E-state index contributed by atoms with van der Waals surface area (Å²) in [5.41, 5.74) is 0.931. The highest BCUT2D eigenvalue weighted by atomic mass is 32.2. The molecule has 0 unspecified atom stereocenters. The van der Waals surface area contributed by atoms with Gasteiger partial charge in [-0.1, -0.05) is 0 Å². The summed E-state index contributed by atoms with van der Waals surface area (Å²) in [6, 6.07) is 2.36. The molecule has 4 nitrogen and oxygen atoms in total. The van der Waals surface area contributed by atoms with Crippen molar-refractivity contribution in [3.63, 3.8) is 0 Å². The molecule has 3 heterocycles. The van der Waals surface area contributed by atoms with Crippen molar-refractivity contribution in [2.75, 3.05) is 36.1 Å². The van der Waals surface area contributed by atoms with Gasteiger partial charge in [0, 0.05) is 47.6 Å². The summed E-state index contributed by atoms with van der Waals surface area (Å²) in [5, 5.41) is 0. The Morgan fingerprint density at radius 1 is 1.30 bits per heavy atom. The van der Waals surface area contributed by atoms with Crippen LogP contribution in [0.3, 0.4) is 0 Å². The van der Waals surface area contributed by atoms with Gasteiger partial charge in [-0.05, 0) is 19.4 Å². The van der Waals surface area contributed by atoms with Crippen molar-refractivity contribution in [1.29, 1.82) is 0 Å². The normalized spacial score (nSPS) is 26.3. The van der Waals surface area contributed by atoms with Gasteiger partial charge in [-0.25, -0.2) is 4.98 Å². The zero-order valence-electron chi connectivity index (χ0n) is 11.6. The summed E-state index contributed by atoms with van der Waals surface area (Å²) in [7, 11) is 0. The predicted octanol–water partition coefficient (Wildman–Crippen LogP) is 1.80. The van der Waals surface area contributed by atoms with Gasteiger partial charge in [0.15, 0.2) is 0 Å². The number of aromatic amines is 1. The van der Waals surface area contributed by atoms with E-state index >= 15 is 0 Å². The van der Waals surface area contributed by atoms with Gasteiger partial charge in [0.25, 0.3) is 5.56 Å². The van der Waals surface area contributed by atoms with Crippen LogP contribution in [-0.2, 0) is 0 Å². The first kappa shape index (κ1) is 14.5. The number of aromatic nitrogens is 2. The maximum atomic E-state index is 11.4. The first-order chi connectivity index (χ1) is 9.83. The quantitative estimate of drug-likeness (QED) is 0.902. The van der Waals surface area contributed by atoms with E-state index in [2.05, 4.69) is 38.4 Å². The van der Waals surface area contributed by atoms with Crippen LogP contribution in [0.2, 0.25) is 0 Å². The van der Waals surface area contributed by atoms with Gasteiger partial charge in [0.05, 0.1) is 12.0 Å². The van der Waals surface area contributed by atoms with Crippen molar-refractivity contribution in [2.45, 2.75) is 24.8 Å². The second kappa shape index (κ2) is 7.00. The third-order valence-electron chi connectivity index (χ3n) is 4.08. The molecule has 0 aromatic carbocycles. The summed E-state index contributed by atoms with van der Waals surface area (Å²) in [5.74, 6) is 5.50. The number of rotatable bonds is 2. The molecular formula is C14H21N3OS2. The van der Waals surface area contributed by atoms with Gasteiger partial charge < -0.3 is 4.98 Å². The van der Waals surface area contributed by atoms with Crippen LogP contribution in [-0.4, -0.2) is 57.0 Å². The minimum atomic E-state index is -0.0345. The largest absolute Gasteiger partial charge is 0.313 e. The van der Waals surface area contributed by atoms with Gasteiger partial charge in [-0.3, -0.25) is 9.69 Å². The fraction of sp³-hybridized carbons (Fsp3) is 0.714. The van der Waals surface area contributed by atoms with E-state index in [1.807, 2.05) is 0 Å². The average Bonchev–Trinajstić information content (AvgIpc) is 2.76. The topological polar surface area (TPSA) is 49.0 Å². The Hall–Kier alpha value is -0.460. The molecule has 1 aromatic heterocycles. The molecule has 0 saturated carbocycles. The fourth-order valence-electron chi connectivity index (χ4n) is 3.00. The average molecular weight is 311 g/mol. The SMILES string of the molecule is O=c1cc([C@H]2CCCN(C3CSCCSC3)C2)nc[nH]1. The number of hydrogen-bond acceptors (Lipinski definition) is 5. The van der Waals surface area contributed by atoms with Crippen molar-refractivity contribution in [1.82, 2.24) is 14.9 Å². The zero-order chi connectivity index (χ0) is 13.8. The number of hydrogen-bond donors (Lipinski definition) is 1. The lowest BCUT2D eigenvalue weighted by molar-refractivity contribution is 0.171. The Bertz CT molecular complexity index is 485. The number of nitrogens with one attached hydrogen (secondary N) is 1. The second-order valence-corrected chi connectivity index (χ2v) is 7.77. The van der Waals surface area contributed by atoms with Crippen LogP contribution in [0.1, 0.15) is 24.5 Å². The van der Waals surface area contributed by atoms with E-state index in [0.717, 1.165) is 18.7 Å². The highest BCUT2D eigenvalue weighted by molar-refractivity contribution is 8.03. The molecule has 2 fully saturated rings. The van der Waals surface area contributed by atoms with E-state index < -0.39 is 0 Å². The summed E-state index contributed by atoms with van der Waals surface area (Å²) in [4.78, 5) is 21.0. The molecule has 2 saturated heterocycles. The molecule has 20 heavy (non-hydrogen) atoms. The first-order valence-electron chi connectivity index (χ1n) is 7.27. The number of nitrogens with zero attached hydrogens (tertiary/aromatic N) is 2. The highest BCUT2D eigenvalue weighted by Gasteiger charge is 2.28. The molecular weight excluding hydrogens is 290 g/mol. The van der Waals surface area contributed by atoms with Crippen LogP contribution >= 0.6 is 23.5 Å². The van der Waals surface area contributed by atoms with E-state index in [1.54, 1.807) is 6.07 Å². The number of piperidine rings is 1. The Kier molecular flexibility index (Phi) is 5.07. The van der Waals surface area contributed by atoms with Gasteiger partial charge in [-0.2, -0.15) is 23.5 Å². The molecule has 6 heteroatoms. The van der Waals surface area contributed by atoms with E-state index in [0.29, 0.717) is 12.0 Å². The van der Waals surface area contributed by atoms with Gasteiger partial charge in [0.2, 0.25) is 0 Å². The lowest BCUT2D eigenvalue weighted by Gasteiger charge is -2.37. The molecule has 110 valence electrons. The Morgan fingerprint density at radius 2 is 2.10 bits per heavy atom. The highest BCUT2D eigenvalue weighted by Crippen LogP contribution is 2.29. The van der Waals surface area contributed by atoms with E-state index in [4.69, 9.17) is 0 Å².